The first kappa shape index (κ1) is 24.7. The van der Waals surface area contributed by atoms with Crippen LogP contribution in [0.5, 0.6) is 23.1 Å². The van der Waals surface area contributed by atoms with Crippen molar-refractivity contribution in [1.29, 1.82) is 5.41 Å². The predicted octanol–water partition coefficient (Wildman–Crippen LogP) is 6.84. The first-order chi connectivity index (χ1) is 19.2. The molecule has 0 bridgehead atoms. The van der Waals surface area contributed by atoms with Gasteiger partial charge in [0, 0.05) is 23.4 Å². The van der Waals surface area contributed by atoms with E-state index in [0.29, 0.717) is 31.1 Å². The summed E-state index contributed by atoms with van der Waals surface area (Å²) in [4.78, 5) is 4.74. The van der Waals surface area contributed by atoms with Crippen molar-refractivity contribution >= 4 is 10.8 Å². The van der Waals surface area contributed by atoms with Crippen molar-refractivity contribution in [2.45, 2.75) is 32.7 Å². The molecule has 1 aromatic heterocycles. The van der Waals surface area contributed by atoms with Crippen LogP contribution >= 0.6 is 0 Å². The number of benzene rings is 4. The first-order valence-electron chi connectivity index (χ1n) is 13.4. The topological polar surface area (TPSA) is 69.4 Å². The third kappa shape index (κ3) is 4.63. The van der Waals surface area contributed by atoms with Gasteiger partial charge >= 0.3 is 0 Å². The quantitative estimate of drug-likeness (QED) is 0.240. The van der Waals surface area contributed by atoms with E-state index in [-0.39, 0.29) is 5.92 Å². The predicted molar refractivity (Wildman–Crippen MR) is 152 cm³/mol. The zero-order valence-corrected chi connectivity index (χ0v) is 22.2. The van der Waals surface area contributed by atoms with Crippen molar-refractivity contribution in [2.24, 2.45) is 0 Å². The highest BCUT2D eigenvalue weighted by molar-refractivity contribution is 5.91. The Labute approximate surface area is 228 Å². The lowest BCUT2D eigenvalue weighted by atomic mass is 9.83. The van der Waals surface area contributed by atoms with Gasteiger partial charge in [0.2, 0.25) is 5.88 Å². The number of aromatic nitrogens is 2. The molecule has 1 aliphatic rings. The number of fused-ring (bicyclic) bond motifs is 4. The Kier molecular flexibility index (Phi) is 6.76. The van der Waals surface area contributed by atoms with Crippen molar-refractivity contribution in [3.05, 3.63) is 119 Å². The van der Waals surface area contributed by atoms with Crippen LogP contribution in [0.1, 0.15) is 42.0 Å². The van der Waals surface area contributed by atoms with E-state index >= 15 is 0 Å². The number of nitrogens with one attached hydrogen (secondary N) is 1. The van der Waals surface area contributed by atoms with Gasteiger partial charge in [-0.1, -0.05) is 72.8 Å². The number of rotatable bonds is 8. The molecular formula is C33H31N3O3. The molecule has 1 N–H and O–H groups in total. The van der Waals surface area contributed by atoms with E-state index in [1.807, 2.05) is 60.9 Å². The van der Waals surface area contributed by atoms with Crippen LogP contribution in [0.2, 0.25) is 0 Å². The lowest BCUT2D eigenvalue weighted by Crippen LogP contribution is -2.30. The summed E-state index contributed by atoms with van der Waals surface area (Å²) < 4.78 is 19.9. The summed E-state index contributed by atoms with van der Waals surface area (Å²) in [6.07, 6.45) is 2.44. The van der Waals surface area contributed by atoms with Crippen molar-refractivity contribution < 1.29 is 14.2 Å². The number of hydrogen-bond acceptors (Lipinski definition) is 5. The molecule has 0 saturated heterocycles. The van der Waals surface area contributed by atoms with E-state index in [1.54, 1.807) is 6.33 Å². The minimum absolute atomic E-state index is 0.156. The van der Waals surface area contributed by atoms with Crippen LogP contribution in [-0.2, 0) is 13.0 Å². The van der Waals surface area contributed by atoms with Gasteiger partial charge < -0.3 is 18.8 Å². The van der Waals surface area contributed by atoms with Gasteiger partial charge in [0.05, 0.1) is 18.8 Å². The van der Waals surface area contributed by atoms with Gasteiger partial charge in [-0.2, -0.15) is 0 Å². The highest BCUT2D eigenvalue weighted by atomic mass is 16.5. The minimum atomic E-state index is -0.156. The van der Waals surface area contributed by atoms with Crippen molar-refractivity contribution in [2.75, 3.05) is 13.2 Å². The summed E-state index contributed by atoms with van der Waals surface area (Å²) in [5, 5.41) is 11.4. The maximum absolute atomic E-state index is 9.27. The first-order valence-corrected chi connectivity index (χ1v) is 13.4. The molecule has 6 heteroatoms. The van der Waals surface area contributed by atoms with Crippen LogP contribution in [0.3, 0.4) is 0 Å². The standard InChI is InChI=1S/C33H31N3O3/c1-3-37-27-17-14-22(20-28(27)38-4-2)18-19-36-21-35-33-30(32(36)34)29(24-11-6-5-7-12-24)26-16-15-23-10-8-9-13-25(23)31(26)39-33/h5-17,20-21,29,34H,3-4,18-19H2,1-2H3/t29-/m1/s1. The lowest BCUT2D eigenvalue weighted by molar-refractivity contribution is 0.287. The second-order valence-corrected chi connectivity index (χ2v) is 9.55. The summed E-state index contributed by atoms with van der Waals surface area (Å²) >= 11 is 0. The molecule has 6 nitrogen and oxygen atoms in total. The molecule has 0 radical (unpaired) electrons. The Morgan fingerprint density at radius 2 is 1.64 bits per heavy atom. The second kappa shape index (κ2) is 10.7. The molecule has 0 saturated carbocycles. The Hall–Kier alpha value is -4.58. The van der Waals surface area contributed by atoms with Crippen LogP contribution in [0, 0.1) is 5.41 Å². The van der Waals surface area contributed by atoms with Gasteiger partial charge in [0.1, 0.15) is 17.6 Å². The molecule has 0 spiro atoms. The van der Waals surface area contributed by atoms with E-state index in [2.05, 4.69) is 42.5 Å². The van der Waals surface area contributed by atoms with Gasteiger partial charge in [-0.05, 0) is 48.9 Å². The molecule has 4 aromatic carbocycles. The molecule has 39 heavy (non-hydrogen) atoms. The fraction of sp³-hybridized carbons (Fsp3) is 0.212. The van der Waals surface area contributed by atoms with Gasteiger partial charge in [-0.3, -0.25) is 5.41 Å². The van der Waals surface area contributed by atoms with E-state index in [1.165, 1.54) is 0 Å². The monoisotopic (exact) mass is 517 g/mol. The molecule has 0 fully saturated rings. The highest BCUT2D eigenvalue weighted by Crippen LogP contribution is 2.47. The number of nitrogens with zero attached hydrogens (tertiary/aromatic N) is 2. The normalized spacial score (nSPS) is 13.8. The molecule has 196 valence electrons. The summed E-state index contributed by atoms with van der Waals surface area (Å²) in [6, 6.07) is 28.9. The molecule has 2 heterocycles. The van der Waals surface area contributed by atoms with E-state index in [9.17, 15) is 5.41 Å². The maximum Gasteiger partial charge on any atom is 0.228 e. The zero-order chi connectivity index (χ0) is 26.8. The molecule has 0 unspecified atom stereocenters. The molecule has 5 aromatic rings. The van der Waals surface area contributed by atoms with Crippen molar-refractivity contribution in [3.8, 4) is 23.1 Å². The summed E-state index contributed by atoms with van der Waals surface area (Å²) in [6.45, 7) is 5.69. The van der Waals surface area contributed by atoms with Crippen LogP contribution in [-0.4, -0.2) is 22.8 Å². The van der Waals surface area contributed by atoms with Crippen LogP contribution in [0.25, 0.3) is 10.8 Å². The smallest absolute Gasteiger partial charge is 0.228 e. The lowest BCUT2D eigenvalue weighted by Gasteiger charge is -2.29. The molecule has 0 aliphatic carbocycles. The third-order valence-corrected chi connectivity index (χ3v) is 7.18. The van der Waals surface area contributed by atoms with Crippen LogP contribution in [0.4, 0.5) is 0 Å². The Balaban J connectivity index is 1.39. The van der Waals surface area contributed by atoms with E-state index in [0.717, 1.165) is 56.7 Å². The molecular weight excluding hydrogens is 486 g/mol. The third-order valence-electron chi connectivity index (χ3n) is 7.18. The largest absolute Gasteiger partial charge is 0.490 e. The summed E-state index contributed by atoms with van der Waals surface area (Å²) in [7, 11) is 0. The zero-order valence-electron chi connectivity index (χ0n) is 22.2. The Morgan fingerprint density at radius 3 is 2.46 bits per heavy atom. The molecule has 1 atom stereocenters. The number of hydrogen-bond donors (Lipinski definition) is 1. The Morgan fingerprint density at radius 1 is 0.872 bits per heavy atom. The molecule has 6 rings (SSSR count). The molecule has 1 aliphatic heterocycles. The van der Waals surface area contributed by atoms with Gasteiger partial charge in [-0.25, -0.2) is 4.98 Å². The average Bonchev–Trinajstić information content (AvgIpc) is 2.97. The number of ether oxygens (including phenoxy) is 3. The summed E-state index contributed by atoms with van der Waals surface area (Å²) in [5.41, 5.74) is 4.46. The van der Waals surface area contributed by atoms with E-state index in [4.69, 9.17) is 19.2 Å². The Bertz CT molecular complexity index is 1690. The van der Waals surface area contributed by atoms with Gasteiger partial charge in [0.25, 0.3) is 0 Å². The highest BCUT2D eigenvalue weighted by Gasteiger charge is 2.33. The average molecular weight is 518 g/mol. The molecule has 0 amide bonds. The van der Waals surface area contributed by atoms with Crippen LogP contribution in [0.15, 0.2) is 91.3 Å². The van der Waals surface area contributed by atoms with Gasteiger partial charge in [-0.15, -0.1) is 0 Å². The van der Waals surface area contributed by atoms with Crippen molar-refractivity contribution in [1.82, 2.24) is 9.55 Å². The second-order valence-electron chi connectivity index (χ2n) is 9.55. The fourth-order valence-electron chi connectivity index (χ4n) is 5.36. The van der Waals surface area contributed by atoms with Gasteiger partial charge in [0.15, 0.2) is 11.5 Å². The maximum atomic E-state index is 9.27. The van der Waals surface area contributed by atoms with Crippen LogP contribution < -0.4 is 19.7 Å². The van der Waals surface area contributed by atoms with E-state index < -0.39 is 0 Å². The number of aryl methyl sites for hydroxylation is 2. The fourth-order valence-corrected chi connectivity index (χ4v) is 5.36. The van der Waals surface area contributed by atoms with Crippen molar-refractivity contribution in [3.63, 3.8) is 0 Å². The minimum Gasteiger partial charge on any atom is -0.490 e. The summed E-state index contributed by atoms with van der Waals surface area (Å²) in [5.74, 6) is 2.65. The SMILES string of the molecule is CCOc1ccc(CCn2cnc3c(c2=N)[C@H](c2ccccc2)c2ccc4ccccc4c2O3)cc1OCC.